The van der Waals surface area contributed by atoms with Gasteiger partial charge >= 0.3 is 0 Å². The van der Waals surface area contributed by atoms with Gasteiger partial charge < -0.3 is 15.0 Å². The molecule has 0 bridgehead atoms. The summed E-state index contributed by atoms with van der Waals surface area (Å²) in [5, 5.41) is 3.55. The summed E-state index contributed by atoms with van der Waals surface area (Å²) in [4.78, 5) is 2.21. The topological polar surface area (TPSA) is 24.5 Å². The van der Waals surface area contributed by atoms with Crippen LogP contribution in [-0.4, -0.2) is 38.2 Å². The van der Waals surface area contributed by atoms with Gasteiger partial charge in [-0.25, -0.2) is 0 Å². The van der Waals surface area contributed by atoms with Crippen LogP contribution in [-0.2, 0) is 0 Å². The molecular formula is C16H28N2O. The Kier molecular flexibility index (Phi) is 6.89. The lowest BCUT2D eigenvalue weighted by molar-refractivity contribution is 0.242. The van der Waals surface area contributed by atoms with Crippen molar-refractivity contribution in [3.05, 3.63) is 29.8 Å². The number of rotatable bonds is 8. The van der Waals surface area contributed by atoms with Gasteiger partial charge in [-0.2, -0.15) is 0 Å². The van der Waals surface area contributed by atoms with E-state index in [9.17, 15) is 0 Å². The fourth-order valence-electron chi connectivity index (χ4n) is 1.94. The second-order valence-corrected chi connectivity index (χ2v) is 5.57. The molecule has 0 heterocycles. The Labute approximate surface area is 118 Å². The molecular weight excluding hydrogens is 236 g/mol. The lowest BCUT2D eigenvalue weighted by atomic mass is 10.1. The summed E-state index contributed by atoms with van der Waals surface area (Å²) in [5.41, 5.74) is 1.31. The van der Waals surface area contributed by atoms with E-state index in [0.29, 0.717) is 6.04 Å². The van der Waals surface area contributed by atoms with Crippen molar-refractivity contribution in [1.29, 1.82) is 0 Å². The van der Waals surface area contributed by atoms with Crippen molar-refractivity contribution in [2.45, 2.75) is 39.3 Å². The molecule has 1 N–H and O–H groups in total. The van der Waals surface area contributed by atoms with Crippen LogP contribution < -0.4 is 10.1 Å². The Bertz CT molecular complexity index is 346. The third kappa shape index (κ3) is 6.60. The van der Waals surface area contributed by atoms with Gasteiger partial charge in [0.05, 0.1) is 6.10 Å². The van der Waals surface area contributed by atoms with Gasteiger partial charge in [0.1, 0.15) is 5.75 Å². The van der Waals surface area contributed by atoms with E-state index in [-0.39, 0.29) is 6.10 Å². The van der Waals surface area contributed by atoms with Gasteiger partial charge in [0.15, 0.2) is 0 Å². The quantitative estimate of drug-likeness (QED) is 0.730. The third-order valence-corrected chi connectivity index (χ3v) is 2.98. The molecule has 19 heavy (non-hydrogen) atoms. The van der Waals surface area contributed by atoms with Gasteiger partial charge in [0, 0.05) is 6.04 Å². The normalized spacial score (nSPS) is 13.0. The summed E-state index contributed by atoms with van der Waals surface area (Å²) in [6.07, 6.45) is 1.40. The Morgan fingerprint density at radius 2 is 1.74 bits per heavy atom. The van der Waals surface area contributed by atoms with Gasteiger partial charge in [-0.1, -0.05) is 12.1 Å². The summed E-state index contributed by atoms with van der Waals surface area (Å²) in [5.74, 6) is 0.943. The summed E-state index contributed by atoms with van der Waals surface area (Å²) in [6, 6.07) is 8.76. The van der Waals surface area contributed by atoms with Crippen molar-refractivity contribution in [2.24, 2.45) is 0 Å². The summed E-state index contributed by atoms with van der Waals surface area (Å²) >= 11 is 0. The Hall–Kier alpha value is -1.06. The van der Waals surface area contributed by atoms with Gasteiger partial charge in [-0.15, -0.1) is 0 Å². The third-order valence-electron chi connectivity index (χ3n) is 2.98. The van der Waals surface area contributed by atoms with Crippen molar-refractivity contribution >= 4 is 0 Å². The second kappa shape index (κ2) is 8.18. The van der Waals surface area contributed by atoms with E-state index in [1.165, 1.54) is 12.0 Å². The van der Waals surface area contributed by atoms with Crippen molar-refractivity contribution in [1.82, 2.24) is 10.2 Å². The van der Waals surface area contributed by atoms with Gasteiger partial charge in [0.25, 0.3) is 0 Å². The fourth-order valence-corrected chi connectivity index (χ4v) is 1.94. The maximum Gasteiger partial charge on any atom is 0.119 e. The van der Waals surface area contributed by atoms with Gasteiger partial charge in [0.2, 0.25) is 0 Å². The maximum absolute atomic E-state index is 5.65. The molecule has 3 heteroatoms. The molecule has 0 spiro atoms. The standard InChI is InChI=1S/C16H28N2O/c1-13(2)19-16-9-7-15(8-10-16)14(3)17-11-6-12-18(4)5/h7-10,13-14,17H,6,11-12H2,1-5H3. The van der Waals surface area contributed by atoms with Crippen molar-refractivity contribution in [3.63, 3.8) is 0 Å². The molecule has 1 aromatic carbocycles. The monoisotopic (exact) mass is 264 g/mol. The van der Waals surface area contributed by atoms with E-state index < -0.39 is 0 Å². The summed E-state index contributed by atoms with van der Waals surface area (Å²) < 4.78 is 5.65. The molecule has 1 unspecified atom stereocenters. The first-order chi connectivity index (χ1) is 8.99. The van der Waals surface area contributed by atoms with E-state index in [4.69, 9.17) is 4.74 Å². The minimum absolute atomic E-state index is 0.229. The van der Waals surface area contributed by atoms with E-state index in [1.54, 1.807) is 0 Å². The molecule has 1 aromatic rings. The number of hydrogen-bond acceptors (Lipinski definition) is 3. The molecule has 1 rings (SSSR count). The molecule has 0 saturated heterocycles. The van der Waals surface area contributed by atoms with Crippen molar-refractivity contribution in [3.8, 4) is 5.75 Å². The minimum atomic E-state index is 0.229. The first-order valence-corrected chi connectivity index (χ1v) is 7.13. The van der Waals surface area contributed by atoms with Crippen LogP contribution in [0.4, 0.5) is 0 Å². The van der Waals surface area contributed by atoms with E-state index in [0.717, 1.165) is 18.8 Å². The first kappa shape index (κ1) is 16.0. The lowest BCUT2D eigenvalue weighted by Crippen LogP contribution is -2.23. The molecule has 0 aromatic heterocycles. The van der Waals surface area contributed by atoms with Crippen molar-refractivity contribution in [2.75, 3.05) is 27.2 Å². The predicted octanol–water partition coefficient (Wildman–Crippen LogP) is 3.08. The van der Waals surface area contributed by atoms with E-state index >= 15 is 0 Å². The van der Waals surface area contributed by atoms with E-state index in [2.05, 4.69) is 43.4 Å². The molecule has 3 nitrogen and oxygen atoms in total. The van der Waals surface area contributed by atoms with Crippen LogP contribution in [0.3, 0.4) is 0 Å². The number of benzene rings is 1. The van der Waals surface area contributed by atoms with Crippen LogP contribution in [0.25, 0.3) is 0 Å². The average Bonchev–Trinajstić information content (AvgIpc) is 2.34. The molecule has 0 aliphatic carbocycles. The number of nitrogens with one attached hydrogen (secondary N) is 1. The van der Waals surface area contributed by atoms with Crippen LogP contribution in [0.15, 0.2) is 24.3 Å². The molecule has 0 aliphatic heterocycles. The number of hydrogen-bond donors (Lipinski definition) is 1. The zero-order valence-electron chi connectivity index (χ0n) is 12.9. The van der Waals surface area contributed by atoms with Crippen molar-refractivity contribution < 1.29 is 4.74 Å². The fraction of sp³-hybridized carbons (Fsp3) is 0.625. The van der Waals surface area contributed by atoms with Crippen LogP contribution in [0, 0.1) is 0 Å². The Balaban J connectivity index is 2.37. The number of ether oxygens (including phenoxy) is 1. The maximum atomic E-state index is 5.65. The molecule has 108 valence electrons. The predicted molar refractivity (Wildman–Crippen MR) is 81.8 cm³/mol. The zero-order chi connectivity index (χ0) is 14.3. The molecule has 0 radical (unpaired) electrons. The van der Waals surface area contributed by atoms with Gasteiger partial charge in [-0.05, 0) is 72.1 Å². The molecule has 1 atom stereocenters. The van der Waals surface area contributed by atoms with Gasteiger partial charge in [-0.3, -0.25) is 0 Å². The second-order valence-electron chi connectivity index (χ2n) is 5.57. The van der Waals surface area contributed by atoms with Crippen LogP contribution in [0.1, 0.15) is 38.8 Å². The van der Waals surface area contributed by atoms with Crippen LogP contribution in [0.5, 0.6) is 5.75 Å². The highest BCUT2D eigenvalue weighted by atomic mass is 16.5. The smallest absolute Gasteiger partial charge is 0.119 e. The van der Waals surface area contributed by atoms with Crippen LogP contribution >= 0.6 is 0 Å². The van der Waals surface area contributed by atoms with Crippen LogP contribution in [0.2, 0.25) is 0 Å². The Morgan fingerprint density at radius 3 is 2.26 bits per heavy atom. The molecule has 0 fully saturated rings. The molecule has 0 amide bonds. The van der Waals surface area contributed by atoms with E-state index in [1.807, 2.05) is 26.0 Å². The lowest BCUT2D eigenvalue weighted by Gasteiger charge is -2.16. The molecule has 0 saturated carbocycles. The highest BCUT2D eigenvalue weighted by Gasteiger charge is 2.05. The highest BCUT2D eigenvalue weighted by molar-refractivity contribution is 5.29. The summed E-state index contributed by atoms with van der Waals surface area (Å²) in [7, 11) is 4.22. The highest BCUT2D eigenvalue weighted by Crippen LogP contribution is 2.18. The first-order valence-electron chi connectivity index (χ1n) is 7.13. The summed E-state index contributed by atoms with van der Waals surface area (Å²) in [6.45, 7) is 8.46. The largest absolute Gasteiger partial charge is 0.491 e. The molecule has 0 aliphatic rings. The SMILES string of the molecule is CC(C)Oc1ccc(C(C)NCCCN(C)C)cc1. The number of nitrogens with zero attached hydrogens (tertiary/aromatic N) is 1. The minimum Gasteiger partial charge on any atom is -0.491 e. The Morgan fingerprint density at radius 1 is 1.11 bits per heavy atom. The zero-order valence-corrected chi connectivity index (χ0v) is 12.9. The average molecular weight is 264 g/mol.